The molecule has 0 fully saturated rings. The molecule has 2 nitrogen and oxygen atoms in total. The molecule has 0 spiro atoms. The highest BCUT2D eigenvalue weighted by molar-refractivity contribution is 5.82. The van der Waals surface area contributed by atoms with E-state index in [0.29, 0.717) is 0 Å². The van der Waals surface area contributed by atoms with E-state index in [0.717, 1.165) is 24.7 Å². The lowest BCUT2D eigenvalue weighted by atomic mass is 10.1. The summed E-state index contributed by atoms with van der Waals surface area (Å²) in [6.45, 7) is 12.7. The Hall–Kier alpha value is -1.70. The van der Waals surface area contributed by atoms with Crippen LogP contribution in [0.5, 0.6) is 0 Å². The SMILES string of the molecule is C=C(C)N(CCC(C)C)Cc1c[nH]c2ccccc12. The molecule has 0 aliphatic rings. The number of benzene rings is 1. The molecule has 1 N–H and O–H groups in total. The normalized spacial score (nSPS) is 11.2. The third-order valence-corrected chi connectivity index (χ3v) is 3.55. The summed E-state index contributed by atoms with van der Waals surface area (Å²) in [5, 5.41) is 1.32. The first-order chi connectivity index (χ1) is 9.08. The second-order valence-corrected chi connectivity index (χ2v) is 5.70. The van der Waals surface area contributed by atoms with Crippen molar-refractivity contribution in [2.45, 2.75) is 33.7 Å². The minimum absolute atomic E-state index is 0.727. The Balaban J connectivity index is 2.14. The van der Waals surface area contributed by atoms with Crippen molar-refractivity contribution in [1.29, 1.82) is 0 Å². The van der Waals surface area contributed by atoms with E-state index in [9.17, 15) is 0 Å². The Labute approximate surface area is 116 Å². The van der Waals surface area contributed by atoms with Gasteiger partial charge in [0, 0.05) is 35.9 Å². The predicted molar refractivity (Wildman–Crippen MR) is 83.0 cm³/mol. The Morgan fingerprint density at radius 2 is 2.05 bits per heavy atom. The van der Waals surface area contributed by atoms with E-state index in [-0.39, 0.29) is 0 Å². The van der Waals surface area contributed by atoms with Gasteiger partial charge in [-0.25, -0.2) is 0 Å². The zero-order chi connectivity index (χ0) is 13.8. The van der Waals surface area contributed by atoms with Gasteiger partial charge in [0.15, 0.2) is 0 Å². The van der Waals surface area contributed by atoms with Crippen LogP contribution in [0.15, 0.2) is 42.7 Å². The molecule has 102 valence electrons. The molecular formula is C17H24N2. The van der Waals surface area contributed by atoms with Gasteiger partial charge in [0.1, 0.15) is 0 Å². The van der Waals surface area contributed by atoms with Gasteiger partial charge in [-0.15, -0.1) is 0 Å². The Kier molecular flexibility index (Phi) is 4.31. The van der Waals surface area contributed by atoms with E-state index in [2.05, 4.69) is 67.7 Å². The molecule has 1 heterocycles. The lowest BCUT2D eigenvalue weighted by molar-refractivity contribution is 0.315. The third-order valence-electron chi connectivity index (χ3n) is 3.55. The van der Waals surface area contributed by atoms with Crippen LogP contribution in [0.2, 0.25) is 0 Å². The molecule has 0 unspecified atom stereocenters. The van der Waals surface area contributed by atoms with Gasteiger partial charge in [0.05, 0.1) is 0 Å². The number of para-hydroxylation sites is 1. The first-order valence-electron chi connectivity index (χ1n) is 7.03. The number of hydrogen-bond acceptors (Lipinski definition) is 1. The summed E-state index contributed by atoms with van der Waals surface area (Å²) >= 11 is 0. The van der Waals surface area contributed by atoms with Crippen LogP contribution in [0, 0.1) is 5.92 Å². The van der Waals surface area contributed by atoms with E-state index < -0.39 is 0 Å². The Morgan fingerprint density at radius 1 is 1.32 bits per heavy atom. The van der Waals surface area contributed by atoms with Crippen LogP contribution in [-0.2, 0) is 6.54 Å². The lowest BCUT2D eigenvalue weighted by Crippen LogP contribution is -2.22. The Bertz CT molecular complexity index is 551. The average molecular weight is 256 g/mol. The number of hydrogen-bond donors (Lipinski definition) is 1. The highest BCUT2D eigenvalue weighted by atomic mass is 15.1. The van der Waals surface area contributed by atoms with Crippen molar-refractivity contribution in [3.05, 3.63) is 48.3 Å². The van der Waals surface area contributed by atoms with Crippen LogP contribution >= 0.6 is 0 Å². The summed E-state index contributed by atoms with van der Waals surface area (Å²) in [4.78, 5) is 5.71. The smallest absolute Gasteiger partial charge is 0.0457 e. The van der Waals surface area contributed by atoms with E-state index in [1.807, 2.05) is 0 Å². The molecule has 0 saturated carbocycles. The first-order valence-corrected chi connectivity index (χ1v) is 7.03. The maximum absolute atomic E-state index is 4.11. The number of fused-ring (bicyclic) bond motifs is 1. The largest absolute Gasteiger partial charge is 0.371 e. The van der Waals surface area contributed by atoms with Gasteiger partial charge in [-0.3, -0.25) is 0 Å². The van der Waals surface area contributed by atoms with Crippen LogP contribution in [0.4, 0.5) is 0 Å². The monoisotopic (exact) mass is 256 g/mol. The predicted octanol–water partition coefficient (Wildman–Crippen LogP) is 4.55. The van der Waals surface area contributed by atoms with Crippen molar-refractivity contribution in [1.82, 2.24) is 9.88 Å². The molecule has 0 amide bonds. The molecule has 0 aliphatic carbocycles. The van der Waals surface area contributed by atoms with Crippen LogP contribution in [0.3, 0.4) is 0 Å². The number of H-pyrrole nitrogens is 1. The second-order valence-electron chi connectivity index (χ2n) is 5.70. The molecule has 2 aromatic rings. The molecule has 0 bridgehead atoms. The van der Waals surface area contributed by atoms with Crippen molar-refractivity contribution in [2.75, 3.05) is 6.54 Å². The molecule has 0 radical (unpaired) electrons. The van der Waals surface area contributed by atoms with E-state index in [1.165, 1.54) is 22.9 Å². The van der Waals surface area contributed by atoms with Gasteiger partial charge < -0.3 is 9.88 Å². The van der Waals surface area contributed by atoms with Crippen LogP contribution in [0.25, 0.3) is 10.9 Å². The minimum atomic E-state index is 0.727. The average Bonchev–Trinajstić information content (AvgIpc) is 2.77. The van der Waals surface area contributed by atoms with Crippen LogP contribution < -0.4 is 0 Å². The topological polar surface area (TPSA) is 19.0 Å². The van der Waals surface area contributed by atoms with Gasteiger partial charge in [-0.1, -0.05) is 38.6 Å². The van der Waals surface area contributed by atoms with Crippen molar-refractivity contribution < 1.29 is 0 Å². The number of rotatable bonds is 6. The standard InChI is InChI=1S/C17H24N2/c1-13(2)9-10-19(14(3)4)12-15-11-18-17-8-6-5-7-16(15)17/h5-8,11,13,18H,3,9-10,12H2,1-2,4H3. The van der Waals surface area contributed by atoms with E-state index in [1.54, 1.807) is 0 Å². The fraction of sp³-hybridized carbons (Fsp3) is 0.412. The molecule has 1 aromatic carbocycles. The number of aromatic nitrogens is 1. The number of nitrogens with one attached hydrogen (secondary N) is 1. The molecular weight excluding hydrogens is 232 g/mol. The number of aromatic amines is 1. The summed E-state index contributed by atoms with van der Waals surface area (Å²) in [6.07, 6.45) is 3.32. The van der Waals surface area contributed by atoms with Gasteiger partial charge >= 0.3 is 0 Å². The maximum atomic E-state index is 4.11. The fourth-order valence-electron chi connectivity index (χ4n) is 2.29. The molecule has 19 heavy (non-hydrogen) atoms. The van der Waals surface area contributed by atoms with Crippen LogP contribution in [-0.4, -0.2) is 16.4 Å². The molecule has 0 aliphatic heterocycles. The highest BCUT2D eigenvalue weighted by Gasteiger charge is 2.09. The van der Waals surface area contributed by atoms with E-state index >= 15 is 0 Å². The quantitative estimate of drug-likeness (QED) is 0.803. The summed E-state index contributed by atoms with van der Waals surface area (Å²) in [7, 11) is 0. The Morgan fingerprint density at radius 3 is 2.74 bits per heavy atom. The molecule has 1 aromatic heterocycles. The van der Waals surface area contributed by atoms with Crippen molar-refractivity contribution in [3.63, 3.8) is 0 Å². The molecule has 2 rings (SSSR count). The van der Waals surface area contributed by atoms with Gasteiger partial charge in [-0.05, 0) is 30.9 Å². The van der Waals surface area contributed by atoms with Crippen LogP contribution in [0.1, 0.15) is 32.8 Å². The minimum Gasteiger partial charge on any atom is -0.371 e. The molecule has 0 atom stereocenters. The van der Waals surface area contributed by atoms with Crippen molar-refractivity contribution in [2.24, 2.45) is 5.92 Å². The zero-order valence-electron chi connectivity index (χ0n) is 12.2. The summed E-state index contributed by atoms with van der Waals surface area (Å²) in [6, 6.07) is 8.47. The van der Waals surface area contributed by atoms with Gasteiger partial charge in [-0.2, -0.15) is 0 Å². The second kappa shape index (κ2) is 5.96. The summed E-state index contributed by atoms with van der Waals surface area (Å²) in [5.74, 6) is 0.727. The summed E-state index contributed by atoms with van der Waals surface area (Å²) < 4.78 is 0. The fourth-order valence-corrected chi connectivity index (χ4v) is 2.29. The maximum Gasteiger partial charge on any atom is 0.0457 e. The third kappa shape index (κ3) is 3.40. The number of allylic oxidation sites excluding steroid dienone is 1. The first kappa shape index (κ1) is 13.7. The lowest BCUT2D eigenvalue weighted by Gasteiger charge is -2.25. The molecule has 2 heteroatoms. The van der Waals surface area contributed by atoms with Gasteiger partial charge in [0.2, 0.25) is 0 Å². The summed E-state index contributed by atoms with van der Waals surface area (Å²) in [5.41, 5.74) is 3.70. The highest BCUT2D eigenvalue weighted by Crippen LogP contribution is 2.21. The molecule has 0 saturated heterocycles. The van der Waals surface area contributed by atoms with E-state index in [4.69, 9.17) is 0 Å². The van der Waals surface area contributed by atoms with Crippen molar-refractivity contribution in [3.8, 4) is 0 Å². The van der Waals surface area contributed by atoms with Crippen molar-refractivity contribution >= 4 is 10.9 Å². The number of nitrogens with zero attached hydrogens (tertiary/aromatic N) is 1. The zero-order valence-corrected chi connectivity index (χ0v) is 12.2. The van der Waals surface area contributed by atoms with Gasteiger partial charge in [0.25, 0.3) is 0 Å².